The van der Waals surface area contributed by atoms with E-state index in [0.29, 0.717) is 46.1 Å². The molecule has 0 fully saturated rings. The Morgan fingerprint density at radius 2 is 1.76 bits per heavy atom. The molecule has 0 aliphatic heterocycles. The Hall–Kier alpha value is -3.77. The molecule has 0 unspecified atom stereocenters. The van der Waals surface area contributed by atoms with E-state index in [1.54, 1.807) is 51.4 Å². The quantitative estimate of drug-likeness (QED) is 0.148. The number of aromatic amines is 1. The average Bonchev–Trinajstić information content (AvgIpc) is 2.90. The first-order valence-electron chi connectivity index (χ1n) is 10.7. The van der Waals surface area contributed by atoms with Crippen molar-refractivity contribution in [2.45, 2.75) is 13.8 Å². The number of carbonyl (C=O) groups excluding carboxylic acids is 1. The van der Waals surface area contributed by atoms with E-state index in [1.807, 2.05) is 0 Å². The topological polar surface area (TPSA) is 115 Å². The first kappa shape index (κ1) is 29.5. The fourth-order valence-corrected chi connectivity index (χ4v) is 3.25. The van der Waals surface area contributed by atoms with Crippen molar-refractivity contribution in [3.63, 3.8) is 0 Å². The number of aromatic nitrogens is 3. The normalized spacial score (nSPS) is 9.84. The number of aldehydes is 1. The van der Waals surface area contributed by atoms with Gasteiger partial charge >= 0.3 is 0 Å². The van der Waals surface area contributed by atoms with E-state index in [-0.39, 0.29) is 16.7 Å². The van der Waals surface area contributed by atoms with Crippen molar-refractivity contribution in [3.05, 3.63) is 75.6 Å². The van der Waals surface area contributed by atoms with Crippen LogP contribution in [-0.4, -0.2) is 42.5 Å². The Morgan fingerprint density at radius 1 is 1.03 bits per heavy atom. The number of rotatable bonds is 6. The minimum Gasteiger partial charge on any atom is -0.491 e. The van der Waals surface area contributed by atoms with Gasteiger partial charge in [0, 0.05) is 54.6 Å². The van der Waals surface area contributed by atoms with Gasteiger partial charge in [-0.15, -0.1) is 23.3 Å². The van der Waals surface area contributed by atoms with Crippen LogP contribution in [0.4, 0.5) is 10.1 Å². The predicted molar refractivity (Wildman–Crippen MR) is 149 cm³/mol. The Kier molecular flexibility index (Phi) is 11.2. The molecule has 3 aromatic heterocycles. The van der Waals surface area contributed by atoms with E-state index >= 15 is 0 Å². The minimum atomic E-state index is -0.479. The smallest absolute Gasteiger partial charge is 0.257 e. The van der Waals surface area contributed by atoms with Crippen molar-refractivity contribution >= 4 is 46.3 Å². The molecule has 0 spiro atoms. The van der Waals surface area contributed by atoms with Gasteiger partial charge in [-0.05, 0) is 26.0 Å². The number of fused-ring (bicyclic) bond motifs is 1. The number of thiol groups is 2. The van der Waals surface area contributed by atoms with Crippen LogP contribution >= 0.6 is 23.3 Å². The molecule has 3 heterocycles. The van der Waals surface area contributed by atoms with Crippen molar-refractivity contribution < 1.29 is 23.4 Å². The highest BCUT2D eigenvalue weighted by molar-refractivity contribution is 8.59. The first-order valence-corrected chi connectivity index (χ1v) is 12.3. The number of nitrogens with one attached hydrogen (secondary N) is 2. The molecule has 9 nitrogen and oxygen atoms in total. The van der Waals surface area contributed by atoms with E-state index in [1.165, 1.54) is 26.4 Å². The number of ether oxygens (including phenoxy) is 3. The van der Waals surface area contributed by atoms with Crippen molar-refractivity contribution in [3.8, 4) is 23.1 Å². The van der Waals surface area contributed by atoms with Crippen LogP contribution in [0.2, 0.25) is 0 Å². The van der Waals surface area contributed by atoms with Crippen LogP contribution in [0.25, 0.3) is 11.0 Å². The Balaban J connectivity index is 0.000000311. The molecule has 0 amide bonds. The summed E-state index contributed by atoms with van der Waals surface area (Å²) in [5, 5.41) is 2.87. The van der Waals surface area contributed by atoms with Crippen LogP contribution in [-0.2, 0) is 0 Å². The zero-order valence-electron chi connectivity index (χ0n) is 20.8. The van der Waals surface area contributed by atoms with Crippen LogP contribution in [0.1, 0.15) is 21.7 Å². The van der Waals surface area contributed by atoms with Crippen molar-refractivity contribution in [1.82, 2.24) is 15.0 Å². The van der Waals surface area contributed by atoms with Gasteiger partial charge in [0.05, 0.1) is 25.3 Å². The number of hydrogen-bond acceptors (Lipinski definition) is 10. The number of aryl methyl sites for hydroxylation is 2. The standard InChI is InChI=1S/C17H16FN3O3.C8H9NO2.H2S2/c1-19-10-4-5-13(11(18)8-10)24-14-6-7-20-12-9-15(22-2)17(23-3)21-16(12)14;1-5-3-8(11)7(4-10)6(2)9-5;1-2/h4-9,19H,1-3H3;3-4H,1-2H3,(H,9,11);1-2H. The number of benzene rings is 1. The summed E-state index contributed by atoms with van der Waals surface area (Å²) in [4.78, 5) is 32.9. The summed E-state index contributed by atoms with van der Waals surface area (Å²) in [5.41, 5.74) is 3.07. The van der Waals surface area contributed by atoms with Gasteiger partial charge in [-0.2, -0.15) is 0 Å². The van der Waals surface area contributed by atoms with Gasteiger partial charge in [-0.1, -0.05) is 0 Å². The molecule has 4 rings (SSSR count). The molecule has 0 radical (unpaired) electrons. The molecule has 0 saturated heterocycles. The van der Waals surface area contributed by atoms with Gasteiger partial charge in [0.2, 0.25) is 0 Å². The first-order chi connectivity index (χ1) is 17.8. The molecule has 37 heavy (non-hydrogen) atoms. The molecule has 12 heteroatoms. The summed E-state index contributed by atoms with van der Waals surface area (Å²) < 4.78 is 30.2. The number of methoxy groups -OCH3 is 2. The third-order valence-electron chi connectivity index (χ3n) is 4.98. The predicted octanol–water partition coefficient (Wildman–Crippen LogP) is 5.19. The lowest BCUT2D eigenvalue weighted by atomic mass is 10.2. The van der Waals surface area contributed by atoms with E-state index in [2.05, 4.69) is 43.6 Å². The molecule has 0 atom stereocenters. The molecule has 0 aliphatic rings. The lowest BCUT2D eigenvalue weighted by molar-refractivity contribution is 0.112. The molecule has 196 valence electrons. The molecule has 0 bridgehead atoms. The van der Waals surface area contributed by atoms with Gasteiger partial charge in [-0.3, -0.25) is 14.6 Å². The highest BCUT2D eigenvalue weighted by atomic mass is 33.1. The number of hydrogen-bond donors (Lipinski definition) is 4. The zero-order valence-corrected chi connectivity index (χ0v) is 22.6. The summed E-state index contributed by atoms with van der Waals surface area (Å²) in [6.45, 7) is 3.49. The Bertz CT molecular complexity index is 1430. The SMILES string of the molecule is CNc1ccc(Oc2ccnc3cc(OC)c(OC)nc23)c(F)c1.Cc1cc(=O)c(C=O)c(C)[nH]1.SS. The second-order valence-electron chi connectivity index (χ2n) is 7.35. The second-order valence-corrected chi connectivity index (χ2v) is 7.35. The largest absolute Gasteiger partial charge is 0.491 e. The molecular weight excluding hydrogens is 519 g/mol. The highest BCUT2D eigenvalue weighted by Gasteiger charge is 2.14. The van der Waals surface area contributed by atoms with Crippen molar-refractivity contribution in [2.24, 2.45) is 0 Å². The third-order valence-corrected chi connectivity index (χ3v) is 4.98. The summed E-state index contributed by atoms with van der Waals surface area (Å²) >= 11 is 6.44. The van der Waals surface area contributed by atoms with Crippen LogP contribution < -0.4 is 25.0 Å². The molecule has 2 N–H and O–H groups in total. The zero-order chi connectivity index (χ0) is 27.5. The summed E-state index contributed by atoms with van der Waals surface area (Å²) in [7, 11) is 4.73. The number of nitrogens with zero attached hydrogens (tertiary/aromatic N) is 2. The van der Waals surface area contributed by atoms with E-state index < -0.39 is 5.82 Å². The molecule has 4 aromatic rings. The van der Waals surface area contributed by atoms with Crippen LogP contribution in [0, 0.1) is 19.7 Å². The van der Waals surface area contributed by atoms with Crippen molar-refractivity contribution in [2.75, 3.05) is 26.6 Å². The summed E-state index contributed by atoms with van der Waals surface area (Å²) in [5.74, 6) is 0.746. The van der Waals surface area contributed by atoms with Gasteiger partial charge in [0.1, 0.15) is 5.52 Å². The number of anilines is 1. The third kappa shape index (κ3) is 7.37. The maximum absolute atomic E-state index is 14.1. The average molecular weight is 547 g/mol. The molecule has 0 aliphatic carbocycles. The fraction of sp³-hybridized carbons (Fsp3) is 0.200. The van der Waals surface area contributed by atoms with E-state index in [0.717, 1.165) is 5.69 Å². The maximum atomic E-state index is 14.1. The van der Waals surface area contributed by atoms with Gasteiger partial charge in [0.25, 0.3) is 5.88 Å². The van der Waals surface area contributed by atoms with Crippen LogP contribution in [0.15, 0.2) is 47.4 Å². The number of halogens is 1. The maximum Gasteiger partial charge on any atom is 0.257 e. The monoisotopic (exact) mass is 546 g/mol. The van der Waals surface area contributed by atoms with E-state index in [4.69, 9.17) is 14.2 Å². The van der Waals surface area contributed by atoms with Gasteiger partial charge in [0.15, 0.2) is 34.8 Å². The summed E-state index contributed by atoms with van der Waals surface area (Å²) in [6, 6.07) is 9.35. The Labute approximate surface area is 223 Å². The van der Waals surface area contributed by atoms with Crippen LogP contribution in [0.5, 0.6) is 23.1 Å². The highest BCUT2D eigenvalue weighted by Crippen LogP contribution is 2.34. The Morgan fingerprint density at radius 3 is 2.32 bits per heavy atom. The van der Waals surface area contributed by atoms with Gasteiger partial charge < -0.3 is 24.5 Å². The number of pyridine rings is 3. The minimum absolute atomic E-state index is 0.0954. The number of carbonyl (C=O) groups is 1. The summed E-state index contributed by atoms with van der Waals surface area (Å²) in [6.07, 6.45) is 2.14. The number of H-pyrrole nitrogens is 1. The second kappa shape index (κ2) is 14.1. The van der Waals surface area contributed by atoms with E-state index in [9.17, 15) is 14.0 Å². The molecule has 1 aromatic carbocycles. The fourth-order valence-electron chi connectivity index (χ4n) is 3.25. The van der Waals surface area contributed by atoms with Crippen molar-refractivity contribution in [1.29, 1.82) is 0 Å². The molecule has 0 saturated carbocycles. The molecular formula is C25H27FN4O5S2. The van der Waals surface area contributed by atoms with Crippen LogP contribution in [0.3, 0.4) is 0 Å². The lowest BCUT2D eigenvalue weighted by Crippen LogP contribution is -2.11. The lowest BCUT2D eigenvalue weighted by Gasteiger charge is -2.12. The van der Waals surface area contributed by atoms with Gasteiger partial charge in [-0.25, -0.2) is 9.37 Å².